The fourth-order valence-electron chi connectivity index (χ4n) is 3.10. The summed E-state index contributed by atoms with van der Waals surface area (Å²) >= 11 is 0. The number of fused-ring (bicyclic) bond motifs is 1. The summed E-state index contributed by atoms with van der Waals surface area (Å²) in [6.07, 6.45) is 2.01. The Bertz CT molecular complexity index is 1040. The molecule has 1 aliphatic rings. The van der Waals surface area contributed by atoms with Crippen LogP contribution in [0.2, 0.25) is 0 Å². The van der Waals surface area contributed by atoms with E-state index in [4.69, 9.17) is 10.00 Å². The average Bonchev–Trinajstić information content (AvgIpc) is 2.69. The van der Waals surface area contributed by atoms with Gasteiger partial charge in [0.15, 0.2) is 0 Å². The Balaban J connectivity index is 0.00000109. The molecule has 1 saturated heterocycles. The summed E-state index contributed by atoms with van der Waals surface area (Å²) in [5, 5.41) is 8.82. The Labute approximate surface area is 164 Å². The van der Waals surface area contributed by atoms with Crippen molar-refractivity contribution in [1.29, 1.82) is 5.26 Å². The van der Waals surface area contributed by atoms with Gasteiger partial charge in [0.1, 0.15) is 11.9 Å². The van der Waals surface area contributed by atoms with Crippen molar-refractivity contribution in [2.45, 2.75) is 33.4 Å². The minimum Gasteiger partial charge on any atom is -0.488 e. The van der Waals surface area contributed by atoms with Crippen molar-refractivity contribution in [3.63, 3.8) is 0 Å². The SMILES string of the molecule is CC.Cc1cc2ncc(CN3CC(Oc4ccc(C#N)cc4)C3)cc2[nH]c1=O. The zero-order chi connectivity index (χ0) is 20.1. The number of H-pyrrole nitrogens is 1. The highest BCUT2D eigenvalue weighted by Gasteiger charge is 2.28. The Morgan fingerprint density at radius 2 is 1.96 bits per heavy atom. The third-order valence-electron chi connectivity index (χ3n) is 4.55. The molecule has 0 atom stereocenters. The predicted octanol–water partition coefficient (Wildman–Crippen LogP) is 3.39. The molecular formula is C22H24N4O2. The second kappa shape index (κ2) is 8.68. The van der Waals surface area contributed by atoms with E-state index in [1.807, 2.05) is 44.3 Å². The van der Waals surface area contributed by atoms with Crippen molar-refractivity contribution in [2.75, 3.05) is 13.1 Å². The summed E-state index contributed by atoms with van der Waals surface area (Å²) < 4.78 is 5.90. The molecular weight excluding hydrogens is 352 g/mol. The number of nitrogens with zero attached hydrogens (tertiary/aromatic N) is 3. The second-order valence-electron chi connectivity index (χ2n) is 6.63. The number of aryl methyl sites for hydroxylation is 1. The Kier molecular flexibility index (Phi) is 6.07. The van der Waals surface area contributed by atoms with Crippen molar-refractivity contribution in [1.82, 2.24) is 14.9 Å². The molecule has 0 radical (unpaired) electrons. The first kappa shape index (κ1) is 19.6. The molecule has 1 N–H and O–H groups in total. The van der Waals surface area contributed by atoms with Crippen LogP contribution in [0.4, 0.5) is 0 Å². The van der Waals surface area contributed by atoms with E-state index in [0.29, 0.717) is 11.1 Å². The van der Waals surface area contributed by atoms with E-state index in [0.717, 1.165) is 42.0 Å². The van der Waals surface area contributed by atoms with Gasteiger partial charge in [0.05, 0.1) is 22.7 Å². The quantitative estimate of drug-likeness (QED) is 0.755. The van der Waals surface area contributed by atoms with Crippen LogP contribution in [-0.4, -0.2) is 34.1 Å². The molecule has 6 nitrogen and oxygen atoms in total. The Hall–Kier alpha value is -3.17. The normalized spacial score (nSPS) is 13.9. The lowest BCUT2D eigenvalue weighted by Gasteiger charge is -2.39. The van der Waals surface area contributed by atoms with Gasteiger partial charge in [0, 0.05) is 31.4 Å². The van der Waals surface area contributed by atoms with Gasteiger partial charge in [-0.05, 0) is 48.9 Å². The molecule has 3 heterocycles. The van der Waals surface area contributed by atoms with Gasteiger partial charge < -0.3 is 9.72 Å². The third kappa shape index (κ3) is 4.38. The first-order chi connectivity index (χ1) is 13.6. The number of likely N-dealkylation sites (tertiary alicyclic amines) is 1. The number of rotatable bonds is 4. The maximum Gasteiger partial charge on any atom is 0.251 e. The third-order valence-corrected chi connectivity index (χ3v) is 4.55. The summed E-state index contributed by atoms with van der Waals surface area (Å²) in [6, 6.07) is 13.1. The molecule has 0 amide bonds. The number of hydrogen-bond donors (Lipinski definition) is 1. The van der Waals surface area contributed by atoms with Crippen LogP contribution in [0.5, 0.6) is 5.75 Å². The minimum atomic E-state index is -0.0729. The average molecular weight is 376 g/mol. The molecule has 1 aliphatic heterocycles. The van der Waals surface area contributed by atoms with Crippen molar-refractivity contribution >= 4 is 11.0 Å². The highest BCUT2D eigenvalue weighted by atomic mass is 16.5. The van der Waals surface area contributed by atoms with E-state index in [-0.39, 0.29) is 11.7 Å². The molecule has 4 rings (SSSR count). The Morgan fingerprint density at radius 1 is 1.25 bits per heavy atom. The van der Waals surface area contributed by atoms with Crippen LogP contribution in [0.15, 0.2) is 47.4 Å². The van der Waals surface area contributed by atoms with Crippen molar-refractivity contribution in [3.8, 4) is 11.8 Å². The predicted molar refractivity (Wildman–Crippen MR) is 109 cm³/mol. The lowest BCUT2D eigenvalue weighted by molar-refractivity contribution is 0.0145. The summed E-state index contributed by atoms with van der Waals surface area (Å²) in [4.78, 5) is 21.3. The molecule has 0 spiro atoms. The van der Waals surface area contributed by atoms with Crippen LogP contribution in [0.25, 0.3) is 11.0 Å². The molecule has 1 fully saturated rings. The first-order valence-corrected chi connectivity index (χ1v) is 9.48. The van der Waals surface area contributed by atoms with E-state index in [2.05, 4.69) is 20.9 Å². The highest BCUT2D eigenvalue weighted by molar-refractivity contribution is 5.74. The van der Waals surface area contributed by atoms with Gasteiger partial charge in [-0.15, -0.1) is 0 Å². The van der Waals surface area contributed by atoms with Crippen LogP contribution in [0.1, 0.15) is 30.5 Å². The zero-order valence-corrected chi connectivity index (χ0v) is 16.4. The van der Waals surface area contributed by atoms with Gasteiger partial charge >= 0.3 is 0 Å². The van der Waals surface area contributed by atoms with E-state index in [1.54, 1.807) is 19.1 Å². The second-order valence-corrected chi connectivity index (χ2v) is 6.63. The first-order valence-electron chi connectivity index (χ1n) is 9.48. The zero-order valence-electron chi connectivity index (χ0n) is 16.4. The molecule has 6 heteroatoms. The van der Waals surface area contributed by atoms with Crippen LogP contribution in [0.3, 0.4) is 0 Å². The molecule has 2 aromatic heterocycles. The minimum absolute atomic E-state index is 0.0729. The van der Waals surface area contributed by atoms with Gasteiger partial charge in [-0.25, -0.2) is 0 Å². The van der Waals surface area contributed by atoms with Crippen LogP contribution in [-0.2, 0) is 6.54 Å². The van der Waals surface area contributed by atoms with Gasteiger partial charge in [-0.2, -0.15) is 5.26 Å². The van der Waals surface area contributed by atoms with Crippen molar-refractivity contribution < 1.29 is 4.74 Å². The monoisotopic (exact) mass is 376 g/mol. The summed E-state index contributed by atoms with van der Waals surface area (Å²) in [5.74, 6) is 0.786. The number of nitriles is 1. The molecule has 0 saturated carbocycles. The summed E-state index contributed by atoms with van der Waals surface area (Å²) in [7, 11) is 0. The lowest BCUT2D eigenvalue weighted by Crippen LogP contribution is -2.53. The van der Waals surface area contributed by atoms with Crippen molar-refractivity contribution in [2.24, 2.45) is 0 Å². The Morgan fingerprint density at radius 3 is 2.64 bits per heavy atom. The maximum atomic E-state index is 11.8. The molecule has 0 aliphatic carbocycles. The van der Waals surface area contributed by atoms with Gasteiger partial charge in [-0.3, -0.25) is 14.7 Å². The standard InChI is InChI=1S/C20H18N4O2.C2H6/c1-13-6-18-19(23-20(13)25)7-15(9-22-18)10-24-11-17(12-24)26-16-4-2-14(8-21)3-5-16;1-2/h2-7,9,17H,10-12H2,1H3,(H,23,25);1-2H3. The number of ether oxygens (including phenoxy) is 1. The van der Waals surface area contributed by atoms with E-state index in [9.17, 15) is 4.79 Å². The van der Waals surface area contributed by atoms with Crippen LogP contribution < -0.4 is 10.3 Å². The van der Waals surface area contributed by atoms with Gasteiger partial charge in [0.2, 0.25) is 0 Å². The van der Waals surface area contributed by atoms with Gasteiger partial charge in [-0.1, -0.05) is 13.8 Å². The molecule has 0 unspecified atom stereocenters. The maximum absolute atomic E-state index is 11.8. The number of nitrogens with one attached hydrogen (secondary N) is 1. The fourth-order valence-corrected chi connectivity index (χ4v) is 3.10. The summed E-state index contributed by atoms with van der Waals surface area (Å²) in [5.41, 5.74) is 3.86. The number of aromatic nitrogens is 2. The van der Waals surface area contributed by atoms with Crippen LogP contribution in [0, 0.1) is 18.3 Å². The molecule has 28 heavy (non-hydrogen) atoms. The van der Waals surface area contributed by atoms with E-state index < -0.39 is 0 Å². The van der Waals surface area contributed by atoms with E-state index in [1.165, 1.54) is 0 Å². The highest BCUT2D eigenvalue weighted by Crippen LogP contribution is 2.21. The largest absolute Gasteiger partial charge is 0.488 e. The number of pyridine rings is 2. The van der Waals surface area contributed by atoms with Gasteiger partial charge in [0.25, 0.3) is 5.56 Å². The molecule has 144 valence electrons. The molecule has 1 aromatic carbocycles. The molecule has 3 aromatic rings. The fraction of sp³-hybridized carbons (Fsp3) is 0.318. The van der Waals surface area contributed by atoms with Crippen LogP contribution >= 0.6 is 0 Å². The van der Waals surface area contributed by atoms with Crippen molar-refractivity contribution in [3.05, 3.63) is 69.6 Å². The number of hydrogen-bond acceptors (Lipinski definition) is 5. The van der Waals surface area contributed by atoms with E-state index >= 15 is 0 Å². The topological polar surface area (TPSA) is 82.0 Å². The smallest absolute Gasteiger partial charge is 0.251 e. The number of aromatic amines is 1. The lowest BCUT2D eigenvalue weighted by atomic mass is 10.1. The molecule has 0 bridgehead atoms. The number of benzene rings is 1. The summed E-state index contributed by atoms with van der Waals surface area (Å²) in [6.45, 7) is 8.22.